The summed E-state index contributed by atoms with van der Waals surface area (Å²) in [5, 5.41) is 4.01. The predicted octanol–water partition coefficient (Wildman–Crippen LogP) is 2.92. The van der Waals surface area contributed by atoms with Crippen LogP contribution in [0.1, 0.15) is 32.2 Å². The molecule has 4 heteroatoms. The molecule has 90 valence electrons. The molecular weight excluding hydrogens is 214 g/mol. The van der Waals surface area contributed by atoms with E-state index in [2.05, 4.69) is 10.1 Å². The van der Waals surface area contributed by atoms with E-state index in [-0.39, 0.29) is 5.41 Å². The Bertz CT molecular complexity index is 538. The highest BCUT2D eigenvalue weighted by molar-refractivity contribution is 5.63. The number of aromatic nitrogens is 2. The molecular formula is C13H17N3O. The lowest BCUT2D eigenvalue weighted by atomic mass is 9.96. The molecule has 0 aliphatic rings. The quantitative estimate of drug-likeness (QED) is 0.766. The minimum atomic E-state index is -0.115. The molecule has 1 aromatic carbocycles. The van der Waals surface area contributed by atoms with Crippen LogP contribution in [0.5, 0.6) is 0 Å². The molecule has 1 aromatic heterocycles. The minimum absolute atomic E-state index is 0.115. The van der Waals surface area contributed by atoms with Gasteiger partial charge in [0.15, 0.2) is 5.82 Å². The third-order valence-corrected chi connectivity index (χ3v) is 2.59. The van der Waals surface area contributed by atoms with Crippen molar-refractivity contribution in [2.45, 2.75) is 33.1 Å². The Hall–Kier alpha value is -1.84. The van der Waals surface area contributed by atoms with Crippen molar-refractivity contribution in [3.05, 3.63) is 29.6 Å². The van der Waals surface area contributed by atoms with Gasteiger partial charge in [-0.25, -0.2) is 0 Å². The highest BCUT2D eigenvalue weighted by atomic mass is 16.5. The van der Waals surface area contributed by atoms with Crippen molar-refractivity contribution in [1.29, 1.82) is 0 Å². The van der Waals surface area contributed by atoms with Crippen LogP contribution < -0.4 is 5.73 Å². The first-order chi connectivity index (χ1) is 7.88. The molecule has 2 rings (SSSR count). The molecule has 17 heavy (non-hydrogen) atoms. The summed E-state index contributed by atoms with van der Waals surface area (Å²) in [6.45, 7) is 8.14. The highest BCUT2D eigenvalue weighted by Crippen LogP contribution is 2.27. The summed E-state index contributed by atoms with van der Waals surface area (Å²) in [7, 11) is 0. The van der Waals surface area contributed by atoms with E-state index in [1.54, 1.807) is 0 Å². The van der Waals surface area contributed by atoms with Gasteiger partial charge in [0.05, 0.1) is 0 Å². The Morgan fingerprint density at radius 3 is 2.53 bits per heavy atom. The number of benzene rings is 1. The number of hydrogen-bond acceptors (Lipinski definition) is 4. The minimum Gasteiger partial charge on any atom is -0.399 e. The zero-order valence-corrected chi connectivity index (χ0v) is 10.6. The molecule has 2 N–H and O–H groups in total. The van der Waals surface area contributed by atoms with E-state index in [1.165, 1.54) is 0 Å². The van der Waals surface area contributed by atoms with Gasteiger partial charge in [0, 0.05) is 16.7 Å². The Labute approximate surface area is 101 Å². The molecule has 0 saturated carbocycles. The second kappa shape index (κ2) is 3.87. The largest absolute Gasteiger partial charge is 0.399 e. The van der Waals surface area contributed by atoms with E-state index in [0.717, 1.165) is 11.1 Å². The van der Waals surface area contributed by atoms with Crippen LogP contribution in [0.25, 0.3) is 11.5 Å². The Morgan fingerprint density at radius 2 is 1.94 bits per heavy atom. The number of anilines is 1. The van der Waals surface area contributed by atoms with Gasteiger partial charge in [0.1, 0.15) is 0 Å². The van der Waals surface area contributed by atoms with Gasteiger partial charge in [-0.05, 0) is 24.6 Å². The smallest absolute Gasteiger partial charge is 0.258 e. The average Bonchev–Trinajstić information content (AvgIpc) is 2.70. The van der Waals surface area contributed by atoms with E-state index in [1.807, 2.05) is 45.9 Å². The number of rotatable bonds is 1. The maximum absolute atomic E-state index is 5.77. The molecule has 0 aliphatic carbocycles. The molecule has 0 amide bonds. The van der Waals surface area contributed by atoms with Gasteiger partial charge in [0.25, 0.3) is 5.89 Å². The Morgan fingerprint density at radius 1 is 1.24 bits per heavy atom. The van der Waals surface area contributed by atoms with Gasteiger partial charge < -0.3 is 10.3 Å². The first kappa shape index (κ1) is 11.6. The fourth-order valence-electron chi connectivity index (χ4n) is 1.51. The summed E-state index contributed by atoms with van der Waals surface area (Å²) in [6.07, 6.45) is 0. The second-order valence-corrected chi connectivity index (χ2v) is 5.25. The molecule has 0 spiro atoms. The molecule has 2 aromatic rings. The molecule has 0 atom stereocenters. The van der Waals surface area contributed by atoms with E-state index in [4.69, 9.17) is 10.3 Å². The van der Waals surface area contributed by atoms with Gasteiger partial charge >= 0.3 is 0 Å². The van der Waals surface area contributed by atoms with Crippen LogP contribution in [0.15, 0.2) is 22.7 Å². The maximum Gasteiger partial charge on any atom is 0.258 e. The van der Waals surface area contributed by atoms with Crippen molar-refractivity contribution >= 4 is 5.69 Å². The number of aryl methyl sites for hydroxylation is 1. The molecule has 0 unspecified atom stereocenters. The summed E-state index contributed by atoms with van der Waals surface area (Å²) in [4.78, 5) is 4.42. The van der Waals surface area contributed by atoms with Gasteiger partial charge in [-0.15, -0.1) is 0 Å². The third-order valence-electron chi connectivity index (χ3n) is 2.59. The molecule has 0 fully saturated rings. The standard InChI is InChI=1S/C13H17N3O/c1-8-5-6-9(14)7-10(8)11-15-12(16-17-11)13(2,3)4/h5-7H,14H2,1-4H3. The van der Waals surface area contributed by atoms with Crippen LogP contribution in [-0.4, -0.2) is 10.1 Å². The third kappa shape index (κ3) is 2.30. The Balaban J connectivity index is 2.47. The fraction of sp³-hybridized carbons (Fsp3) is 0.385. The number of hydrogen-bond donors (Lipinski definition) is 1. The monoisotopic (exact) mass is 231 g/mol. The highest BCUT2D eigenvalue weighted by Gasteiger charge is 2.22. The SMILES string of the molecule is Cc1ccc(N)cc1-c1nc(C(C)(C)C)no1. The van der Waals surface area contributed by atoms with Crippen molar-refractivity contribution in [2.75, 3.05) is 5.73 Å². The van der Waals surface area contributed by atoms with Crippen molar-refractivity contribution in [2.24, 2.45) is 0 Å². The van der Waals surface area contributed by atoms with Crippen LogP contribution >= 0.6 is 0 Å². The topological polar surface area (TPSA) is 64.9 Å². The summed E-state index contributed by atoms with van der Waals surface area (Å²) >= 11 is 0. The van der Waals surface area contributed by atoms with Crippen molar-refractivity contribution in [1.82, 2.24) is 10.1 Å². The molecule has 0 radical (unpaired) electrons. The molecule has 1 heterocycles. The van der Waals surface area contributed by atoms with E-state index < -0.39 is 0 Å². The fourth-order valence-corrected chi connectivity index (χ4v) is 1.51. The average molecular weight is 231 g/mol. The molecule has 0 bridgehead atoms. The van der Waals surface area contributed by atoms with Crippen LogP contribution in [0.4, 0.5) is 5.69 Å². The van der Waals surface area contributed by atoms with Crippen molar-refractivity contribution in [3.8, 4) is 11.5 Å². The number of nitrogens with two attached hydrogens (primary N) is 1. The summed E-state index contributed by atoms with van der Waals surface area (Å²) in [6, 6.07) is 5.67. The van der Waals surface area contributed by atoms with E-state index in [0.29, 0.717) is 17.4 Å². The molecule has 4 nitrogen and oxygen atoms in total. The van der Waals surface area contributed by atoms with E-state index in [9.17, 15) is 0 Å². The van der Waals surface area contributed by atoms with Crippen LogP contribution in [0, 0.1) is 6.92 Å². The van der Waals surface area contributed by atoms with Crippen LogP contribution in [0.2, 0.25) is 0 Å². The van der Waals surface area contributed by atoms with Crippen molar-refractivity contribution in [3.63, 3.8) is 0 Å². The van der Waals surface area contributed by atoms with Gasteiger partial charge in [-0.3, -0.25) is 0 Å². The normalized spacial score (nSPS) is 11.8. The zero-order valence-electron chi connectivity index (χ0n) is 10.6. The lowest BCUT2D eigenvalue weighted by Crippen LogP contribution is -2.13. The van der Waals surface area contributed by atoms with Crippen LogP contribution in [-0.2, 0) is 5.41 Å². The predicted molar refractivity (Wildman–Crippen MR) is 67.6 cm³/mol. The molecule has 0 saturated heterocycles. The van der Waals surface area contributed by atoms with Crippen molar-refractivity contribution < 1.29 is 4.52 Å². The summed E-state index contributed by atoms with van der Waals surface area (Å²) in [5.41, 5.74) is 8.32. The first-order valence-corrected chi connectivity index (χ1v) is 5.58. The molecule has 0 aliphatic heterocycles. The first-order valence-electron chi connectivity index (χ1n) is 5.58. The number of nitrogens with zero attached hydrogens (tertiary/aromatic N) is 2. The lowest BCUT2D eigenvalue weighted by molar-refractivity contribution is 0.402. The van der Waals surface area contributed by atoms with Gasteiger partial charge in [-0.1, -0.05) is 32.0 Å². The van der Waals surface area contributed by atoms with Gasteiger partial charge in [-0.2, -0.15) is 4.98 Å². The lowest BCUT2D eigenvalue weighted by Gasteiger charge is -2.10. The maximum atomic E-state index is 5.77. The summed E-state index contributed by atoms with van der Waals surface area (Å²) in [5.74, 6) is 1.23. The van der Waals surface area contributed by atoms with Crippen LogP contribution in [0.3, 0.4) is 0 Å². The second-order valence-electron chi connectivity index (χ2n) is 5.25. The van der Waals surface area contributed by atoms with Gasteiger partial charge in [0.2, 0.25) is 0 Å². The Kier molecular flexibility index (Phi) is 2.65. The summed E-state index contributed by atoms with van der Waals surface area (Å²) < 4.78 is 5.30. The van der Waals surface area contributed by atoms with E-state index >= 15 is 0 Å². The number of nitrogen functional groups attached to an aromatic ring is 1. The zero-order chi connectivity index (χ0) is 12.6.